The average molecular weight is 284 g/mol. The molecule has 0 aliphatic carbocycles. The number of urea groups is 1. The van der Waals surface area contributed by atoms with Crippen molar-refractivity contribution in [1.29, 1.82) is 0 Å². The maximum absolute atomic E-state index is 11.6. The Kier molecular flexibility index (Phi) is 5.82. The molecule has 0 saturated carbocycles. The summed E-state index contributed by atoms with van der Waals surface area (Å²) in [4.78, 5) is 24.8. The number of carbonyl (C=O) groups excluding carboxylic acids is 1. The maximum Gasteiger partial charge on any atom is 0.326 e. The molecule has 0 bridgehead atoms. The van der Waals surface area contributed by atoms with Crippen molar-refractivity contribution in [3.8, 4) is 0 Å². The van der Waals surface area contributed by atoms with Crippen LogP contribution in [0, 0.1) is 13.8 Å². The fraction of sp³-hybridized carbons (Fsp3) is 0.538. The number of aliphatic carboxylic acids is 1. The van der Waals surface area contributed by atoms with Gasteiger partial charge in [-0.2, -0.15) is 0 Å². The van der Waals surface area contributed by atoms with E-state index in [1.165, 1.54) is 10.4 Å². The fourth-order valence-corrected chi connectivity index (χ4v) is 2.65. The zero-order chi connectivity index (χ0) is 14.4. The average Bonchev–Trinajstić information content (AvgIpc) is 2.65. The van der Waals surface area contributed by atoms with Gasteiger partial charge in [0.2, 0.25) is 0 Å². The first kappa shape index (κ1) is 15.5. The number of aryl methyl sites for hydroxylation is 2. The number of hydrogen-bond acceptors (Lipinski definition) is 3. The van der Waals surface area contributed by atoms with Crippen molar-refractivity contribution in [1.82, 2.24) is 10.6 Å². The van der Waals surface area contributed by atoms with Crippen LogP contribution in [0.5, 0.6) is 0 Å². The number of carboxylic acid groups (broad SMARTS) is 1. The van der Waals surface area contributed by atoms with Crippen LogP contribution in [0.3, 0.4) is 0 Å². The predicted octanol–water partition coefficient (Wildman–Crippen LogP) is 2.42. The number of carbonyl (C=O) groups is 2. The Balaban J connectivity index is 2.44. The summed E-state index contributed by atoms with van der Waals surface area (Å²) in [5, 5.41) is 14.1. The maximum atomic E-state index is 11.6. The minimum atomic E-state index is -1.00. The molecule has 0 aliphatic rings. The number of amides is 2. The number of carboxylic acids is 1. The molecule has 19 heavy (non-hydrogen) atoms. The van der Waals surface area contributed by atoms with E-state index in [2.05, 4.69) is 10.6 Å². The van der Waals surface area contributed by atoms with Crippen molar-refractivity contribution >= 4 is 23.3 Å². The SMILES string of the molecule is CCC[C@H](NC(=O)NCc1cc(C)c(C)s1)C(=O)O. The van der Waals surface area contributed by atoms with Crippen molar-refractivity contribution in [2.24, 2.45) is 0 Å². The Morgan fingerprint density at radius 2 is 2.11 bits per heavy atom. The second-order valence-corrected chi connectivity index (χ2v) is 5.80. The van der Waals surface area contributed by atoms with Gasteiger partial charge >= 0.3 is 12.0 Å². The smallest absolute Gasteiger partial charge is 0.326 e. The van der Waals surface area contributed by atoms with Gasteiger partial charge in [0.25, 0.3) is 0 Å². The molecular formula is C13H20N2O3S. The molecule has 1 atom stereocenters. The lowest BCUT2D eigenvalue weighted by Gasteiger charge is -2.13. The minimum Gasteiger partial charge on any atom is -0.480 e. The highest BCUT2D eigenvalue weighted by atomic mass is 32.1. The van der Waals surface area contributed by atoms with Crippen LogP contribution in [0.15, 0.2) is 6.07 Å². The first-order chi connectivity index (χ1) is 8.93. The normalized spacial score (nSPS) is 11.9. The van der Waals surface area contributed by atoms with E-state index in [4.69, 9.17) is 5.11 Å². The standard InChI is InChI=1S/C13H20N2O3S/c1-4-5-11(12(16)17)15-13(18)14-7-10-6-8(2)9(3)19-10/h6,11H,4-5,7H2,1-3H3,(H,16,17)(H2,14,15,18)/t11-/m0/s1. The molecule has 1 heterocycles. The summed E-state index contributed by atoms with van der Waals surface area (Å²) in [6.07, 6.45) is 1.14. The van der Waals surface area contributed by atoms with E-state index in [0.717, 1.165) is 4.88 Å². The Morgan fingerprint density at radius 3 is 2.58 bits per heavy atom. The quantitative estimate of drug-likeness (QED) is 0.750. The van der Waals surface area contributed by atoms with Crippen molar-refractivity contribution < 1.29 is 14.7 Å². The summed E-state index contributed by atoms with van der Waals surface area (Å²) < 4.78 is 0. The zero-order valence-corrected chi connectivity index (χ0v) is 12.3. The first-order valence-electron chi connectivity index (χ1n) is 6.27. The van der Waals surface area contributed by atoms with Gasteiger partial charge in [-0.05, 0) is 31.9 Å². The lowest BCUT2D eigenvalue weighted by molar-refractivity contribution is -0.139. The Morgan fingerprint density at radius 1 is 1.42 bits per heavy atom. The fourth-order valence-electron chi connectivity index (χ4n) is 1.66. The monoisotopic (exact) mass is 284 g/mol. The Labute approximate surface area is 117 Å². The highest BCUT2D eigenvalue weighted by Gasteiger charge is 2.18. The lowest BCUT2D eigenvalue weighted by Crippen LogP contribution is -2.45. The van der Waals surface area contributed by atoms with E-state index < -0.39 is 18.0 Å². The Bertz CT molecular complexity index is 437. The van der Waals surface area contributed by atoms with Crippen LogP contribution in [0.1, 0.15) is 35.1 Å². The molecule has 0 aromatic carbocycles. The molecule has 106 valence electrons. The molecule has 3 N–H and O–H groups in total. The van der Waals surface area contributed by atoms with Gasteiger partial charge in [0.1, 0.15) is 6.04 Å². The second-order valence-electron chi connectivity index (χ2n) is 4.46. The van der Waals surface area contributed by atoms with E-state index in [1.54, 1.807) is 11.3 Å². The number of thiophene rings is 1. The van der Waals surface area contributed by atoms with Gasteiger partial charge in [-0.3, -0.25) is 0 Å². The van der Waals surface area contributed by atoms with E-state index in [9.17, 15) is 9.59 Å². The largest absolute Gasteiger partial charge is 0.480 e. The molecule has 1 aromatic heterocycles. The summed E-state index contributed by atoms with van der Waals surface area (Å²) in [7, 11) is 0. The van der Waals surface area contributed by atoms with Gasteiger partial charge in [-0.1, -0.05) is 13.3 Å². The Hall–Kier alpha value is -1.56. The van der Waals surface area contributed by atoms with Gasteiger partial charge in [0.15, 0.2) is 0 Å². The highest BCUT2D eigenvalue weighted by molar-refractivity contribution is 7.12. The molecule has 6 heteroatoms. The third-order valence-corrected chi connectivity index (χ3v) is 3.97. The third-order valence-electron chi connectivity index (χ3n) is 2.82. The summed E-state index contributed by atoms with van der Waals surface area (Å²) >= 11 is 1.63. The molecule has 0 spiro atoms. The minimum absolute atomic E-state index is 0.420. The zero-order valence-electron chi connectivity index (χ0n) is 11.4. The van der Waals surface area contributed by atoms with Crippen molar-refractivity contribution in [3.05, 3.63) is 21.4 Å². The van der Waals surface area contributed by atoms with Gasteiger partial charge in [-0.25, -0.2) is 9.59 Å². The summed E-state index contributed by atoms with van der Waals surface area (Å²) in [6, 6.07) is 0.766. The van der Waals surface area contributed by atoms with Gasteiger partial charge in [0.05, 0.1) is 6.54 Å². The molecule has 1 aromatic rings. The number of rotatable bonds is 6. The van der Waals surface area contributed by atoms with Crippen LogP contribution >= 0.6 is 11.3 Å². The summed E-state index contributed by atoms with van der Waals surface area (Å²) in [6.45, 7) is 6.36. The van der Waals surface area contributed by atoms with Gasteiger partial charge in [0, 0.05) is 9.75 Å². The van der Waals surface area contributed by atoms with Crippen LogP contribution < -0.4 is 10.6 Å². The van der Waals surface area contributed by atoms with E-state index >= 15 is 0 Å². The summed E-state index contributed by atoms with van der Waals surface area (Å²) in [5.41, 5.74) is 1.21. The topological polar surface area (TPSA) is 78.4 Å². The lowest BCUT2D eigenvalue weighted by atomic mass is 10.2. The molecular weight excluding hydrogens is 264 g/mol. The van der Waals surface area contributed by atoms with E-state index in [1.807, 2.05) is 26.8 Å². The molecule has 0 unspecified atom stereocenters. The first-order valence-corrected chi connectivity index (χ1v) is 7.08. The summed E-state index contributed by atoms with van der Waals surface area (Å²) in [5.74, 6) is -1.00. The van der Waals surface area contributed by atoms with Gasteiger partial charge in [-0.15, -0.1) is 11.3 Å². The molecule has 2 amide bonds. The van der Waals surface area contributed by atoms with E-state index in [-0.39, 0.29) is 0 Å². The van der Waals surface area contributed by atoms with Crippen LogP contribution in [0.4, 0.5) is 4.79 Å². The van der Waals surface area contributed by atoms with Crippen molar-refractivity contribution in [2.75, 3.05) is 0 Å². The molecule has 0 fully saturated rings. The predicted molar refractivity (Wildman–Crippen MR) is 75.5 cm³/mol. The third kappa shape index (κ3) is 4.90. The van der Waals surface area contributed by atoms with Crippen LogP contribution in [-0.4, -0.2) is 23.1 Å². The number of hydrogen-bond donors (Lipinski definition) is 3. The highest BCUT2D eigenvalue weighted by Crippen LogP contribution is 2.20. The molecule has 1 rings (SSSR count). The molecule has 0 radical (unpaired) electrons. The molecule has 0 saturated heterocycles. The van der Waals surface area contributed by atoms with Crippen molar-refractivity contribution in [2.45, 2.75) is 46.2 Å². The van der Waals surface area contributed by atoms with Crippen LogP contribution in [0.2, 0.25) is 0 Å². The number of nitrogens with one attached hydrogen (secondary N) is 2. The van der Waals surface area contributed by atoms with Crippen molar-refractivity contribution in [3.63, 3.8) is 0 Å². The van der Waals surface area contributed by atoms with Gasteiger partial charge < -0.3 is 15.7 Å². The van der Waals surface area contributed by atoms with Crippen LogP contribution in [0.25, 0.3) is 0 Å². The molecule has 0 aliphatic heterocycles. The van der Waals surface area contributed by atoms with Crippen LogP contribution in [-0.2, 0) is 11.3 Å². The molecule has 5 nitrogen and oxygen atoms in total. The second kappa shape index (κ2) is 7.13. The van der Waals surface area contributed by atoms with E-state index in [0.29, 0.717) is 19.4 Å².